The fourth-order valence-corrected chi connectivity index (χ4v) is 3.58. The monoisotopic (exact) mass is 417 g/mol. The molecule has 8 heteroatoms. The fraction of sp³-hybridized carbons (Fsp3) is 0.136. The average molecular weight is 417 g/mol. The Hall–Kier alpha value is -3.65. The first-order chi connectivity index (χ1) is 14.7. The molecule has 1 N–H and O–H groups in total. The Morgan fingerprint density at radius 3 is 2.60 bits per heavy atom. The Labute approximate surface area is 177 Å². The van der Waals surface area contributed by atoms with Gasteiger partial charge in [-0.3, -0.25) is 15.1 Å². The van der Waals surface area contributed by atoms with Crippen molar-refractivity contribution in [3.63, 3.8) is 0 Å². The minimum absolute atomic E-state index is 0.0347. The number of ether oxygens (including phenoxy) is 1. The molecule has 30 heavy (non-hydrogen) atoms. The molecule has 0 fully saturated rings. The highest BCUT2D eigenvalue weighted by atomic mass is 32.1. The molecule has 0 aliphatic heterocycles. The van der Waals surface area contributed by atoms with E-state index < -0.39 is 0 Å². The largest absolute Gasteiger partial charge is 0.474 e. The van der Waals surface area contributed by atoms with Crippen molar-refractivity contribution in [3.8, 4) is 16.5 Å². The van der Waals surface area contributed by atoms with Crippen molar-refractivity contribution in [1.82, 2.24) is 20.2 Å². The number of rotatable bonds is 7. The van der Waals surface area contributed by atoms with Gasteiger partial charge in [-0.15, -0.1) is 10.2 Å². The average Bonchev–Trinajstić information content (AvgIpc) is 3.24. The SMILES string of the molecule is C[C@H](Cc1ccccc1)Oc1ccc(C(=O)Nc2nnc(-c3ccncc3)s2)cn1. The van der Waals surface area contributed by atoms with Crippen LogP contribution in [0.4, 0.5) is 5.13 Å². The zero-order valence-electron chi connectivity index (χ0n) is 16.2. The van der Waals surface area contributed by atoms with Gasteiger partial charge in [0.05, 0.1) is 5.56 Å². The second-order valence-electron chi connectivity index (χ2n) is 6.61. The zero-order chi connectivity index (χ0) is 20.8. The first-order valence-electron chi connectivity index (χ1n) is 9.39. The summed E-state index contributed by atoms with van der Waals surface area (Å²) in [5.41, 5.74) is 2.51. The van der Waals surface area contributed by atoms with Gasteiger partial charge in [-0.05, 0) is 30.7 Å². The molecular weight excluding hydrogens is 398 g/mol. The molecule has 3 aromatic heterocycles. The maximum Gasteiger partial charge on any atom is 0.259 e. The smallest absolute Gasteiger partial charge is 0.259 e. The van der Waals surface area contributed by atoms with E-state index in [-0.39, 0.29) is 12.0 Å². The van der Waals surface area contributed by atoms with Crippen LogP contribution in [0.2, 0.25) is 0 Å². The van der Waals surface area contributed by atoms with E-state index in [2.05, 4.69) is 37.6 Å². The molecular formula is C22H19N5O2S. The number of nitrogens with one attached hydrogen (secondary N) is 1. The Morgan fingerprint density at radius 1 is 1.07 bits per heavy atom. The minimum atomic E-state index is -0.302. The van der Waals surface area contributed by atoms with Crippen LogP contribution in [0.1, 0.15) is 22.8 Å². The van der Waals surface area contributed by atoms with Gasteiger partial charge in [0.25, 0.3) is 5.91 Å². The van der Waals surface area contributed by atoms with Crippen LogP contribution < -0.4 is 10.1 Å². The number of benzene rings is 1. The van der Waals surface area contributed by atoms with Gasteiger partial charge < -0.3 is 4.74 Å². The summed E-state index contributed by atoms with van der Waals surface area (Å²) >= 11 is 1.29. The molecule has 150 valence electrons. The van der Waals surface area contributed by atoms with Gasteiger partial charge in [-0.2, -0.15) is 0 Å². The van der Waals surface area contributed by atoms with E-state index in [1.54, 1.807) is 24.5 Å². The highest BCUT2D eigenvalue weighted by molar-refractivity contribution is 7.18. The highest BCUT2D eigenvalue weighted by Crippen LogP contribution is 2.26. The summed E-state index contributed by atoms with van der Waals surface area (Å²) in [4.78, 5) is 20.7. The third kappa shape index (κ3) is 5.03. The predicted molar refractivity (Wildman–Crippen MR) is 116 cm³/mol. The highest BCUT2D eigenvalue weighted by Gasteiger charge is 2.13. The molecule has 0 aliphatic rings. The molecule has 0 aliphatic carbocycles. The Bertz CT molecular complexity index is 1100. The lowest BCUT2D eigenvalue weighted by Crippen LogP contribution is -2.16. The molecule has 0 saturated carbocycles. The van der Waals surface area contributed by atoms with E-state index in [0.717, 1.165) is 12.0 Å². The van der Waals surface area contributed by atoms with Gasteiger partial charge in [0.15, 0.2) is 0 Å². The summed E-state index contributed by atoms with van der Waals surface area (Å²) in [6, 6.07) is 17.2. The van der Waals surface area contributed by atoms with Crippen LogP contribution in [0.15, 0.2) is 73.2 Å². The van der Waals surface area contributed by atoms with Crippen LogP contribution >= 0.6 is 11.3 Å². The number of hydrogen-bond donors (Lipinski definition) is 1. The number of nitrogens with zero attached hydrogens (tertiary/aromatic N) is 4. The van der Waals surface area contributed by atoms with E-state index >= 15 is 0 Å². The molecule has 0 bridgehead atoms. The van der Waals surface area contributed by atoms with Gasteiger partial charge in [-0.25, -0.2) is 4.98 Å². The number of hydrogen-bond acceptors (Lipinski definition) is 7. The molecule has 0 spiro atoms. The first kappa shape index (κ1) is 19.7. The summed E-state index contributed by atoms with van der Waals surface area (Å²) in [7, 11) is 0. The van der Waals surface area contributed by atoms with Crippen LogP contribution in [0.25, 0.3) is 10.6 Å². The number of pyridine rings is 2. The van der Waals surface area contributed by atoms with Crippen molar-refractivity contribution in [1.29, 1.82) is 0 Å². The number of aromatic nitrogens is 4. The third-order valence-electron chi connectivity index (χ3n) is 4.26. The molecule has 1 amide bonds. The van der Waals surface area contributed by atoms with Gasteiger partial charge >= 0.3 is 0 Å². The molecule has 4 aromatic rings. The summed E-state index contributed by atoms with van der Waals surface area (Å²) in [5, 5.41) is 12.0. The predicted octanol–water partition coefficient (Wildman–Crippen LogP) is 4.26. The van der Waals surface area contributed by atoms with Crippen molar-refractivity contribution in [2.24, 2.45) is 0 Å². The number of carbonyl (C=O) groups excluding carboxylic acids is 1. The summed E-state index contributed by atoms with van der Waals surface area (Å²) in [5.74, 6) is 0.176. The van der Waals surface area contributed by atoms with Crippen molar-refractivity contribution in [2.75, 3.05) is 5.32 Å². The fourth-order valence-electron chi connectivity index (χ4n) is 2.83. The minimum Gasteiger partial charge on any atom is -0.474 e. The van der Waals surface area contributed by atoms with Crippen LogP contribution in [0, 0.1) is 0 Å². The van der Waals surface area contributed by atoms with E-state index in [4.69, 9.17) is 4.74 Å². The maximum absolute atomic E-state index is 12.5. The summed E-state index contributed by atoms with van der Waals surface area (Å²) in [6.45, 7) is 1.99. The lowest BCUT2D eigenvalue weighted by Gasteiger charge is -2.14. The van der Waals surface area contributed by atoms with Crippen LogP contribution in [0.3, 0.4) is 0 Å². The molecule has 7 nitrogen and oxygen atoms in total. The lowest BCUT2D eigenvalue weighted by molar-refractivity contribution is 0.102. The van der Waals surface area contributed by atoms with Crippen LogP contribution in [-0.4, -0.2) is 32.2 Å². The molecule has 0 saturated heterocycles. The van der Waals surface area contributed by atoms with E-state index in [0.29, 0.717) is 21.6 Å². The Balaban J connectivity index is 1.34. The van der Waals surface area contributed by atoms with Gasteiger partial charge in [0, 0.05) is 36.6 Å². The maximum atomic E-state index is 12.5. The second kappa shape index (κ2) is 9.23. The molecule has 1 aromatic carbocycles. The summed E-state index contributed by atoms with van der Waals surface area (Å²) < 4.78 is 5.86. The van der Waals surface area contributed by atoms with E-state index in [1.165, 1.54) is 23.1 Å². The molecule has 1 atom stereocenters. The van der Waals surface area contributed by atoms with Crippen LogP contribution in [0.5, 0.6) is 5.88 Å². The number of anilines is 1. The normalized spacial score (nSPS) is 11.6. The number of carbonyl (C=O) groups is 1. The van der Waals surface area contributed by atoms with Crippen molar-refractivity contribution in [3.05, 3.63) is 84.3 Å². The van der Waals surface area contributed by atoms with Gasteiger partial charge in [0.2, 0.25) is 11.0 Å². The topological polar surface area (TPSA) is 89.9 Å². The van der Waals surface area contributed by atoms with Crippen molar-refractivity contribution in [2.45, 2.75) is 19.4 Å². The molecule has 0 unspecified atom stereocenters. The third-order valence-corrected chi connectivity index (χ3v) is 5.15. The second-order valence-corrected chi connectivity index (χ2v) is 7.58. The lowest BCUT2D eigenvalue weighted by atomic mass is 10.1. The molecule has 3 heterocycles. The van der Waals surface area contributed by atoms with Gasteiger partial charge in [0.1, 0.15) is 11.1 Å². The summed E-state index contributed by atoms with van der Waals surface area (Å²) in [6.07, 6.45) is 5.61. The quantitative estimate of drug-likeness (QED) is 0.483. The Morgan fingerprint density at radius 2 is 1.87 bits per heavy atom. The van der Waals surface area contributed by atoms with E-state index in [1.807, 2.05) is 37.3 Å². The Kier molecular flexibility index (Phi) is 6.05. The van der Waals surface area contributed by atoms with Crippen molar-refractivity contribution >= 4 is 22.4 Å². The van der Waals surface area contributed by atoms with Crippen molar-refractivity contribution < 1.29 is 9.53 Å². The number of amides is 1. The first-order valence-corrected chi connectivity index (χ1v) is 10.2. The van der Waals surface area contributed by atoms with Gasteiger partial charge in [-0.1, -0.05) is 41.7 Å². The molecule has 4 rings (SSSR count). The van der Waals surface area contributed by atoms with E-state index in [9.17, 15) is 4.79 Å². The molecule has 0 radical (unpaired) electrons. The van der Waals surface area contributed by atoms with Crippen LogP contribution in [-0.2, 0) is 6.42 Å². The standard InChI is InChI=1S/C22H19N5O2S/c1-15(13-16-5-3-2-4-6-16)29-19-8-7-18(14-24-19)20(28)25-22-27-26-21(30-22)17-9-11-23-12-10-17/h2-12,14-15H,13H2,1H3,(H,25,27,28)/t15-/m1/s1. The zero-order valence-corrected chi connectivity index (χ0v) is 17.0.